The smallest absolute Gasteiger partial charge is 0.191 e. The molecule has 0 bridgehead atoms. The van der Waals surface area contributed by atoms with Crippen LogP contribution < -0.4 is 10.6 Å². The van der Waals surface area contributed by atoms with E-state index in [9.17, 15) is 9.50 Å². The average molecular weight is 484 g/mol. The van der Waals surface area contributed by atoms with Gasteiger partial charge in [0.05, 0.1) is 12.6 Å². The van der Waals surface area contributed by atoms with Crippen molar-refractivity contribution >= 4 is 29.9 Å². The molecule has 1 heterocycles. The fourth-order valence-electron chi connectivity index (χ4n) is 2.98. The van der Waals surface area contributed by atoms with Crippen LogP contribution in [0, 0.1) is 5.82 Å². The van der Waals surface area contributed by atoms with Gasteiger partial charge in [0.15, 0.2) is 5.96 Å². The number of aliphatic imine (C=N–C) groups is 1. The van der Waals surface area contributed by atoms with Gasteiger partial charge in [-0.25, -0.2) is 4.39 Å². The van der Waals surface area contributed by atoms with E-state index in [0.717, 1.165) is 30.5 Å². The minimum absolute atomic E-state index is 0. The number of nitrogens with one attached hydrogen (secondary N) is 2. The number of benzene rings is 1. The summed E-state index contributed by atoms with van der Waals surface area (Å²) in [4.78, 5) is 8.62. The lowest BCUT2D eigenvalue weighted by atomic mass is 9.96. The lowest BCUT2D eigenvalue weighted by Gasteiger charge is -2.18. The Kier molecular flexibility index (Phi) is 7.97. The number of pyridine rings is 1. The molecule has 1 aliphatic carbocycles. The summed E-state index contributed by atoms with van der Waals surface area (Å²) in [6.45, 7) is 3.67. The minimum atomic E-state index is -0.639. The molecular formula is C20H26FIN4O. The first kappa shape index (κ1) is 21.6. The van der Waals surface area contributed by atoms with Gasteiger partial charge < -0.3 is 15.7 Å². The van der Waals surface area contributed by atoms with E-state index in [2.05, 4.69) is 20.6 Å². The molecule has 7 heteroatoms. The molecule has 3 N–H and O–H groups in total. The predicted octanol–water partition coefficient (Wildman–Crippen LogP) is 3.16. The van der Waals surface area contributed by atoms with Crippen LogP contribution in [0.4, 0.5) is 4.39 Å². The lowest BCUT2D eigenvalue weighted by molar-refractivity contribution is 0.180. The van der Waals surface area contributed by atoms with Crippen molar-refractivity contribution in [3.8, 4) is 0 Å². The van der Waals surface area contributed by atoms with Gasteiger partial charge in [-0.3, -0.25) is 9.98 Å². The van der Waals surface area contributed by atoms with Gasteiger partial charge in [0, 0.05) is 30.9 Å². The Bertz CT molecular complexity index is 753. The van der Waals surface area contributed by atoms with Crippen molar-refractivity contribution in [1.29, 1.82) is 0 Å². The van der Waals surface area contributed by atoms with E-state index in [1.165, 1.54) is 6.07 Å². The van der Waals surface area contributed by atoms with Crippen LogP contribution in [0.15, 0.2) is 53.8 Å². The molecule has 5 nitrogen and oxygen atoms in total. The Morgan fingerprint density at radius 1 is 1.26 bits per heavy atom. The van der Waals surface area contributed by atoms with Gasteiger partial charge in [-0.2, -0.15) is 0 Å². The van der Waals surface area contributed by atoms with Gasteiger partial charge in [0.1, 0.15) is 5.82 Å². The molecule has 0 radical (unpaired) electrons. The zero-order valence-electron chi connectivity index (χ0n) is 15.4. The highest BCUT2D eigenvalue weighted by Crippen LogP contribution is 2.48. The summed E-state index contributed by atoms with van der Waals surface area (Å²) in [6.07, 6.45) is 4.71. The highest BCUT2D eigenvalue weighted by Gasteiger charge is 2.44. The molecule has 27 heavy (non-hydrogen) atoms. The highest BCUT2D eigenvalue weighted by atomic mass is 127. The number of hydrogen-bond donors (Lipinski definition) is 3. The van der Waals surface area contributed by atoms with Gasteiger partial charge in [-0.15, -0.1) is 24.0 Å². The highest BCUT2D eigenvalue weighted by molar-refractivity contribution is 14.0. The fraction of sp³-hybridized carbons (Fsp3) is 0.400. The summed E-state index contributed by atoms with van der Waals surface area (Å²) >= 11 is 0. The molecule has 1 saturated carbocycles. The van der Waals surface area contributed by atoms with E-state index >= 15 is 0 Å². The number of nitrogens with zero attached hydrogens (tertiary/aromatic N) is 2. The van der Waals surface area contributed by atoms with Gasteiger partial charge in [-0.1, -0.05) is 12.1 Å². The van der Waals surface area contributed by atoms with Crippen molar-refractivity contribution in [3.05, 3.63) is 65.7 Å². The zero-order chi connectivity index (χ0) is 18.4. The molecule has 0 amide bonds. The van der Waals surface area contributed by atoms with Crippen LogP contribution in [0.1, 0.15) is 37.0 Å². The van der Waals surface area contributed by atoms with Gasteiger partial charge in [-0.05, 0) is 55.2 Å². The number of rotatable bonds is 7. The number of halogens is 2. The Labute approximate surface area is 176 Å². The summed E-state index contributed by atoms with van der Waals surface area (Å²) in [5.74, 6) is 0.451. The second-order valence-electron chi connectivity index (χ2n) is 6.66. The molecule has 0 saturated heterocycles. The predicted molar refractivity (Wildman–Crippen MR) is 116 cm³/mol. The summed E-state index contributed by atoms with van der Waals surface area (Å²) < 4.78 is 13.5. The fourth-order valence-corrected chi connectivity index (χ4v) is 2.98. The first-order valence-corrected chi connectivity index (χ1v) is 8.99. The van der Waals surface area contributed by atoms with E-state index < -0.39 is 6.10 Å². The Balaban J connectivity index is 0.00000261. The third kappa shape index (κ3) is 5.87. The molecule has 1 atom stereocenters. The van der Waals surface area contributed by atoms with Crippen molar-refractivity contribution in [3.63, 3.8) is 0 Å². The molecule has 0 spiro atoms. The van der Waals surface area contributed by atoms with Crippen LogP contribution in [-0.2, 0) is 5.41 Å². The molecule has 2 aromatic rings. The molecule has 1 aliphatic rings. The Morgan fingerprint density at radius 2 is 2.00 bits per heavy atom. The standard InChI is InChI=1S/C20H25FN4O.HI/c1-2-23-19(24-13-18(26)15-6-10-22-11-7-15)25-14-20(8-9-20)16-4-3-5-17(21)12-16;/h3-7,10-12,18,26H,2,8-9,13-14H2,1H3,(H2,23,24,25);1H. The molecular weight excluding hydrogens is 458 g/mol. The van der Waals surface area contributed by atoms with E-state index in [1.54, 1.807) is 36.7 Å². The van der Waals surface area contributed by atoms with Crippen LogP contribution in [0.25, 0.3) is 0 Å². The summed E-state index contributed by atoms with van der Waals surface area (Å²) in [6, 6.07) is 10.4. The second-order valence-corrected chi connectivity index (χ2v) is 6.66. The van der Waals surface area contributed by atoms with Gasteiger partial charge in [0.2, 0.25) is 0 Å². The van der Waals surface area contributed by atoms with E-state index in [0.29, 0.717) is 19.0 Å². The quantitative estimate of drug-likeness (QED) is 0.321. The zero-order valence-corrected chi connectivity index (χ0v) is 17.7. The molecule has 146 valence electrons. The monoisotopic (exact) mass is 484 g/mol. The molecule has 1 fully saturated rings. The molecule has 3 rings (SSSR count). The minimum Gasteiger partial charge on any atom is -0.387 e. The third-order valence-electron chi connectivity index (χ3n) is 4.73. The van der Waals surface area contributed by atoms with Crippen LogP contribution in [0.3, 0.4) is 0 Å². The summed E-state index contributed by atoms with van der Waals surface area (Å²) in [7, 11) is 0. The topological polar surface area (TPSA) is 69.5 Å². The van der Waals surface area contributed by atoms with E-state index in [4.69, 9.17) is 0 Å². The maximum Gasteiger partial charge on any atom is 0.191 e. The molecule has 1 unspecified atom stereocenters. The van der Waals surface area contributed by atoms with Crippen LogP contribution in [0.5, 0.6) is 0 Å². The van der Waals surface area contributed by atoms with Crippen molar-refractivity contribution < 1.29 is 9.50 Å². The number of aliphatic hydroxyl groups excluding tert-OH is 1. The van der Waals surface area contributed by atoms with Crippen molar-refractivity contribution in [2.75, 3.05) is 19.6 Å². The third-order valence-corrected chi connectivity index (χ3v) is 4.73. The first-order chi connectivity index (χ1) is 12.6. The number of aromatic nitrogens is 1. The maximum absolute atomic E-state index is 13.5. The SMILES string of the molecule is CCNC(=NCC1(c2cccc(F)c2)CC1)NCC(O)c1ccncc1.I. The average Bonchev–Trinajstić information content (AvgIpc) is 3.46. The lowest BCUT2D eigenvalue weighted by Crippen LogP contribution is -2.40. The van der Waals surface area contributed by atoms with E-state index in [-0.39, 0.29) is 35.2 Å². The summed E-state index contributed by atoms with van der Waals surface area (Å²) in [5.41, 5.74) is 1.75. The van der Waals surface area contributed by atoms with Crippen molar-refractivity contribution in [2.24, 2.45) is 4.99 Å². The molecule has 0 aliphatic heterocycles. The number of aliphatic hydroxyl groups is 1. The van der Waals surface area contributed by atoms with E-state index in [1.807, 2.05) is 13.0 Å². The van der Waals surface area contributed by atoms with Crippen LogP contribution in [0.2, 0.25) is 0 Å². The second kappa shape index (κ2) is 9.98. The van der Waals surface area contributed by atoms with Gasteiger partial charge in [0.25, 0.3) is 0 Å². The van der Waals surface area contributed by atoms with Crippen LogP contribution >= 0.6 is 24.0 Å². The Hall–Kier alpha value is -1.74. The molecule has 1 aromatic heterocycles. The molecule has 1 aromatic carbocycles. The normalized spacial score (nSPS) is 16.2. The number of guanidine groups is 1. The number of hydrogen-bond acceptors (Lipinski definition) is 3. The van der Waals surface area contributed by atoms with Gasteiger partial charge >= 0.3 is 0 Å². The Morgan fingerprint density at radius 3 is 2.63 bits per heavy atom. The van der Waals surface area contributed by atoms with Crippen molar-refractivity contribution in [2.45, 2.75) is 31.3 Å². The first-order valence-electron chi connectivity index (χ1n) is 8.99. The maximum atomic E-state index is 13.5. The van der Waals surface area contributed by atoms with Crippen LogP contribution in [-0.4, -0.2) is 35.7 Å². The summed E-state index contributed by atoms with van der Waals surface area (Å²) in [5, 5.41) is 16.6. The largest absolute Gasteiger partial charge is 0.387 e. The van der Waals surface area contributed by atoms with Crippen molar-refractivity contribution in [1.82, 2.24) is 15.6 Å².